The van der Waals surface area contributed by atoms with Crippen LogP contribution < -0.4 is 5.32 Å². The highest BCUT2D eigenvalue weighted by Gasteiger charge is 2.30. The lowest BCUT2D eigenvalue weighted by atomic mass is 9.98. The van der Waals surface area contributed by atoms with Crippen LogP contribution in [0, 0.1) is 0 Å². The highest BCUT2D eigenvalue weighted by atomic mass is 16.5. The maximum atomic E-state index is 12.4. The van der Waals surface area contributed by atoms with Crippen molar-refractivity contribution in [3.63, 3.8) is 0 Å². The summed E-state index contributed by atoms with van der Waals surface area (Å²) < 4.78 is 7.30. The van der Waals surface area contributed by atoms with E-state index in [0.717, 1.165) is 27.9 Å². The third kappa shape index (κ3) is 3.78. The van der Waals surface area contributed by atoms with Crippen molar-refractivity contribution in [2.45, 2.75) is 31.8 Å². The first-order valence-electron chi connectivity index (χ1n) is 9.91. The van der Waals surface area contributed by atoms with Gasteiger partial charge in [0.15, 0.2) is 0 Å². The van der Waals surface area contributed by atoms with Crippen molar-refractivity contribution in [2.75, 3.05) is 6.61 Å². The van der Waals surface area contributed by atoms with Gasteiger partial charge in [0, 0.05) is 30.8 Å². The highest BCUT2D eigenvalue weighted by Crippen LogP contribution is 2.44. The lowest BCUT2D eigenvalue weighted by Gasteiger charge is -2.18. The van der Waals surface area contributed by atoms with Gasteiger partial charge >= 0.3 is 12.1 Å². The molecule has 3 aromatic rings. The van der Waals surface area contributed by atoms with Gasteiger partial charge in [-0.1, -0.05) is 48.5 Å². The Balaban J connectivity index is 1.43. The van der Waals surface area contributed by atoms with Gasteiger partial charge in [-0.05, 0) is 29.2 Å². The number of hydrogen-bond donors (Lipinski definition) is 2. The number of fused-ring (bicyclic) bond motifs is 3. The smallest absolute Gasteiger partial charge is 0.407 e. The van der Waals surface area contributed by atoms with Crippen molar-refractivity contribution in [3.05, 3.63) is 77.9 Å². The van der Waals surface area contributed by atoms with Gasteiger partial charge in [-0.3, -0.25) is 0 Å². The van der Waals surface area contributed by atoms with Crippen molar-refractivity contribution in [1.82, 2.24) is 14.9 Å². The number of hydrogen-bond acceptors (Lipinski definition) is 4. The van der Waals surface area contributed by atoms with E-state index in [-0.39, 0.29) is 18.9 Å². The van der Waals surface area contributed by atoms with Crippen LogP contribution >= 0.6 is 0 Å². The zero-order chi connectivity index (χ0) is 21.1. The van der Waals surface area contributed by atoms with Crippen LogP contribution in [0.3, 0.4) is 0 Å². The van der Waals surface area contributed by atoms with Crippen LogP contribution in [-0.4, -0.2) is 39.4 Å². The fourth-order valence-electron chi connectivity index (χ4n) is 3.99. The van der Waals surface area contributed by atoms with E-state index in [0.29, 0.717) is 6.54 Å². The first kappa shape index (κ1) is 19.7. The molecule has 2 N–H and O–H groups in total. The first-order valence-corrected chi connectivity index (χ1v) is 9.91. The number of carboxylic acids is 1. The number of nitrogens with one attached hydrogen (secondary N) is 1. The summed E-state index contributed by atoms with van der Waals surface area (Å²) in [5, 5.41) is 12.0. The lowest BCUT2D eigenvalue weighted by Crippen LogP contribution is -2.43. The highest BCUT2D eigenvalue weighted by molar-refractivity contribution is 5.81. The Morgan fingerprint density at radius 3 is 2.37 bits per heavy atom. The Hall–Kier alpha value is -3.61. The molecule has 0 saturated carbocycles. The van der Waals surface area contributed by atoms with Gasteiger partial charge in [0.1, 0.15) is 12.6 Å². The number of benzene rings is 2. The minimum Gasteiger partial charge on any atom is -0.480 e. The van der Waals surface area contributed by atoms with Gasteiger partial charge in [0.2, 0.25) is 0 Å². The largest absolute Gasteiger partial charge is 0.480 e. The van der Waals surface area contributed by atoms with E-state index in [9.17, 15) is 14.7 Å². The van der Waals surface area contributed by atoms with Crippen molar-refractivity contribution in [3.8, 4) is 11.1 Å². The maximum absolute atomic E-state index is 12.4. The molecule has 154 valence electrons. The number of imidazole rings is 1. The Kier molecular flexibility index (Phi) is 5.52. The van der Waals surface area contributed by atoms with E-state index >= 15 is 0 Å². The van der Waals surface area contributed by atoms with E-state index < -0.39 is 18.1 Å². The number of carboxylic acid groups (broad SMARTS) is 1. The van der Waals surface area contributed by atoms with Gasteiger partial charge in [0.25, 0.3) is 0 Å². The van der Waals surface area contributed by atoms with E-state index in [1.807, 2.05) is 47.9 Å². The molecule has 1 amide bonds. The van der Waals surface area contributed by atoms with Crippen LogP contribution in [0.4, 0.5) is 4.79 Å². The second-order valence-corrected chi connectivity index (χ2v) is 7.24. The van der Waals surface area contributed by atoms with Crippen molar-refractivity contribution in [2.24, 2.45) is 0 Å². The second kappa shape index (κ2) is 8.41. The fourth-order valence-corrected chi connectivity index (χ4v) is 3.99. The minimum atomic E-state index is -1.12. The molecule has 4 rings (SSSR count). The number of aliphatic carboxylic acids is 1. The molecule has 7 nitrogen and oxygen atoms in total. The molecular formula is C23H23N3O4. The standard InChI is InChI=1S/C23H23N3O4/c1-2-26-14-24-12-15(26)11-21(22(27)28)25-23(29)30-13-20-18-9-5-3-7-16(18)17-8-4-6-10-19(17)20/h3-10,12,14,20-21H,2,11,13H2,1H3,(H,25,29)(H,27,28). The Labute approximate surface area is 174 Å². The Morgan fingerprint density at radius 1 is 1.13 bits per heavy atom. The summed E-state index contributed by atoms with van der Waals surface area (Å²) in [4.78, 5) is 28.1. The molecule has 1 heterocycles. The summed E-state index contributed by atoms with van der Waals surface area (Å²) in [7, 11) is 0. The van der Waals surface area contributed by atoms with Gasteiger partial charge in [-0.15, -0.1) is 0 Å². The van der Waals surface area contributed by atoms with Crippen LogP contribution in [0.5, 0.6) is 0 Å². The van der Waals surface area contributed by atoms with E-state index in [2.05, 4.69) is 22.4 Å². The van der Waals surface area contributed by atoms with Crippen molar-refractivity contribution < 1.29 is 19.4 Å². The quantitative estimate of drug-likeness (QED) is 0.628. The van der Waals surface area contributed by atoms with Gasteiger partial charge < -0.3 is 19.7 Å². The molecule has 0 bridgehead atoms. The SMILES string of the molecule is CCn1cncc1CC(NC(=O)OCC1c2ccccc2-c2ccccc21)C(=O)O. The van der Waals surface area contributed by atoms with Gasteiger partial charge in [0.05, 0.1) is 6.33 Å². The average molecular weight is 405 g/mol. The van der Waals surface area contributed by atoms with Gasteiger partial charge in [-0.25, -0.2) is 14.6 Å². The van der Waals surface area contributed by atoms with Crippen LogP contribution in [0.1, 0.15) is 29.7 Å². The van der Waals surface area contributed by atoms with E-state index in [1.54, 1.807) is 12.5 Å². The summed E-state index contributed by atoms with van der Waals surface area (Å²) in [5.41, 5.74) is 5.22. The number of alkyl carbamates (subject to hydrolysis) is 1. The summed E-state index contributed by atoms with van der Waals surface area (Å²) >= 11 is 0. The minimum absolute atomic E-state index is 0.0760. The maximum Gasteiger partial charge on any atom is 0.407 e. The summed E-state index contributed by atoms with van der Waals surface area (Å²) in [6.07, 6.45) is 2.64. The third-order valence-corrected chi connectivity index (χ3v) is 5.49. The molecule has 0 spiro atoms. The predicted octanol–water partition coefficient (Wildman–Crippen LogP) is 3.44. The number of rotatable bonds is 7. The predicted molar refractivity (Wildman–Crippen MR) is 111 cm³/mol. The normalized spacial score (nSPS) is 13.4. The summed E-state index contributed by atoms with van der Waals surface area (Å²) in [6.45, 7) is 2.76. The Bertz CT molecular complexity index is 1030. The molecule has 0 fully saturated rings. The number of nitrogens with zero attached hydrogens (tertiary/aromatic N) is 2. The third-order valence-electron chi connectivity index (χ3n) is 5.49. The molecule has 7 heteroatoms. The van der Waals surface area contributed by atoms with Crippen molar-refractivity contribution in [1.29, 1.82) is 0 Å². The number of carbonyl (C=O) groups is 2. The molecule has 1 aliphatic carbocycles. The van der Waals surface area contributed by atoms with Crippen molar-refractivity contribution >= 4 is 12.1 Å². The molecule has 0 radical (unpaired) electrons. The zero-order valence-electron chi connectivity index (χ0n) is 16.6. The number of carbonyl (C=O) groups excluding carboxylic acids is 1. The van der Waals surface area contributed by atoms with Crippen LogP contribution in [0.15, 0.2) is 61.1 Å². The molecule has 1 aliphatic rings. The molecule has 0 aliphatic heterocycles. The number of aryl methyl sites for hydroxylation is 1. The van der Waals surface area contributed by atoms with Gasteiger partial charge in [-0.2, -0.15) is 0 Å². The topological polar surface area (TPSA) is 93.5 Å². The van der Waals surface area contributed by atoms with E-state index in [1.165, 1.54) is 0 Å². The van der Waals surface area contributed by atoms with E-state index in [4.69, 9.17) is 4.74 Å². The number of aromatic nitrogens is 2. The lowest BCUT2D eigenvalue weighted by molar-refractivity contribution is -0.139. The summed E-state index contributed by atoms with van der Waals surface area (Å²) in [6, 6.07) is 15.0. The van der Waals surface area contributed by atoms with Crippen LogP contribution in [0.2, 0.25) is 0 Å². The average Bonchev–Trinajstić information content (AvgIpc) is 3.33. The molecule has 1 aromatic heterocycles. The number of amides is 1. The number of ether oxygens (including phenoxy) is 1. The first-order chi connectivity index (χ1) is 14.6. The fraction of sp³-hybridized carbons (Fsp3) is 0.261. The molecule has 0 saturated heterocycles. The molecule has 1 atom stereocenters. The second-order valence-electron chi connectivity index (χ2n) is 7.24. The zero-order valence-corrected chi connectivity index (χ0v) is 16.6. The van der Waals surface area contributed by atoms with Crippen LogP contribution in [0.25, 0.3) is 11.1 Å². The molecule has 2 aromatic carbocycles. The summed E-state index contributed by atoms with van der Waals surface area (Å²) in [5.74, 6) is -1.19. The Morgan fingerprint density at radius 2 is 1.77 bits per heavy atom. The molecule has 1 unspecified atom stereocenters. The van der Waals surface area contributed by atoms with Crippen LogP contribution in [-0.2, 0) is 22.5 Å². The molecule has 30 heavy (non-hydrogen) atoms. The molecular weight excluding hydrogens is 382 g/mol. The monoisotopic (exact) mass is 405 g/mol.